The normalized spacial score (nSPS) is 22.6. The standard InChI is InChI=1S/C16H16Cl2N4O4S.Li/c1-5-9(17)10(18)12(19-5)14(24)21-11-6-2-22(3-7(6)11)16-20-8(4-23)13(27-16)15(25)26;/h6-7,11,19,23H,2-4H2,1H3,(H,21,24)(H,25,26);/q;+1/p-1/t6-,7+,11?;. The van der Waals surface area contributed by atoms with E-state index in [1.54, 1.807) is 6.92 Å². The fourth-order valence-electron chi connectivity index (χ4n) is 3.59. The van der Waals surface area contributed by atoms with E-state index in [1.165, 1.54) is 0 Å². The number of carbonyl (C=O) groups excluding carboxylic acids is 2. The van der Waals surface area contributed by atoms with Crippen LogP contribution in [0.2, 0.25) is 10.0 Å². The van der Waals surface area contributed by atoms with Crippen LogP contribution < -0.4 is 34.2 Å². The number of aliphatic hydroxyl groups excluding tert-OH is 1. The average Bonchev–Trinajstić information content (AvgIpc) is 3.05. The van der Waals surface area contributed by atoms with Crippen LogP contribution in [0.4, 0.5) is 5.13 Å². The number of thiazole rings is 1. The zero-order chi connectivity index (χ0) is 19.5. The molecule has 1 saturated carbocycles. The SMILES string of the molecule is Cc1[nH]c(C(=O)NC2[C@H]3CN(c4nc(CO)c(C(=O)[O-])s4)C[C@@H]23)c(Cl)c1Cl.[Li+]. The van der Waals surface area contributed by atoms with Gasteiger partial charge in [-0.1, -0.05) is 34.5 Å². The van der Waals surface area contributed by atoms with Crippen molar-refractivity contribution in [3.63, 3.8) is 0 Å². The molecule has 1 saturated heterocycles. The third-order valence-corrected chi connectivity index (χ3v) is 7.15. The first kappa shape index (κ1) is 21.5. The molecule has 2 aliphatic rings. The van der Waals surface area contributed by atoms with Crippen molar-refractivity contribution in [3.05, 3.63) is 32.0 Å². The Morgan fingerprint density at radius 3 is 2.46 bits per heavy atom. The summed E-state index contributed by atoms with van der Waals surface area (Å²) in [7, 11) is 0. The second kappa shape index (κ2) is 7.90. The Bertz CT molecular complexity index is 937. The number of fused-ring (bicyclic) bond motifs is 1. The zero-order valence-corrected chi connectivity index (χ0v) is 17.4. The molecule has 8 nitrogen and oxygen atoms in total. The van der Waals surface area contributed by atoms with Crippen molar-refractivity contribution in [1.29, 1.82) is 0 Å². The van der Waals surface area contributed by atoms with E-state index in [0.717, 1.165) is 11.3 Å². The quantitative estimate of drug-likeness (QED) is 0.457. The minimum atomic E-state index is -1.34. The molecule has 0 bridgehead atoms. The molecule has 2 aromatic rings. The Labute approximate surface area is 186 Å². The molecular formula is C16H15Cl2LiN4O4S. The van der Waals surface area contributed by atoms with Gasteiger partial charge in [-0.25, -0.2) is 4.98 Å². The number of anilines is 1. The Balaban J connectivity index is 0.00000225. The molecule has 3 heterocycles. The predicted molar refractivity (Wildman–Crippen MR) is 98.4 cm³/mol. The van der Waals surface area contributed by atoms with Gasteiger partial charge in [0.15, 0.2) is 5.13 Å². The third-order valence-electron chi connectivity index (χ3n) is 5.06. The van der Waals surface area contributed by atoms with Crippen molar-refractivity contribution in [2.45, 2.75) is 19.6 Å². The number of aromatic amines is 1. The maximum atomic E-state index is 12.4. The summed E-state index contributed by atoms with van der Waals surface area (Å²) in [5, 5.41) is 24.4. The largest absolute Gasteiger partial charge is 1.00 e. The van der Waals surface area contributed by atoms with Crippen LogP contribution in [0.5, 0.6) is 0 Å². The monoisotopic (exact) mass is 436 g/mol. The molecule has 1 unspecified atom stereocenters. The summed E-state index contributed by atoms with van der Waals surface area (Å²) in [6, 6.07) is 0.0325. The molecule has 12 heteroatoms. The Morgan fingerprint density at radius 1 is 1.36 bits per heavy atom. The topological polar surface area (TPSA) is 121 Å². The van der Waals surface area contributed by atoms with Crippen LogP contribution in [0.3, 0.4) is 0 Å². The van der Waals surface area contributed by atoms with Crippen molar-refractivity contribution >= 4 is 51.5 Å². The molecule has 1 aliphatic heterocycles. The summed E-state index contributed by atoms with van der Waals surface area (Å²) in [5.41, 5.74) is 1.02. The van der Waals surface area contributed by atoms with E-state index in [-0.39, 0.29) is 63.9 Å². The number of aryl methyl sites for hydroxylation is 1. The van der Waals surface area contributed by atoms with Crippen molar-refractivity contribution in [3.8, 4) is 0 Å². The number of H-pyrrole nitrogens is 1. The molecule has 28 heavy (non-hydrogen) atoms. The Kier molecular flexibility index (Phi) is 6.06. The van der Waals surface area contributed by atoms with Gasteiger partial charge in [-0.3, -0.25) is 4.79 Å². The average molecular weight is 437 g/mol. The molecule has 0 spiro atoms. The molecule has 0 radical (unpaired) electrons. The number of hydrogen-bond donors (Lipinski definition) is 3. The summed E-state index contributed by atoms with van der Waals surface area (Å²) < 4.78 is 0. The van der Waals surface area contributed by atoms with E-state index in [4.69, 9.17) is 23.2 Å². The van der Waals surface area contributed by atoms with E-state index < -0.39 is 12.6 Å². The molecule has 3 atom stereocenters. The Hall–Kier alpha value is -1.21. The number of carboxylic acids is 1. The van der Waals surface area contributed by atoms with Crippen molar-refractivity contribution in [2.24, 2.45) is 11.8 Å². The van der Waals surface area contributed by atoms with Gasteiger partial charge in [0.2, 0.25) is 0 Å². The molecule has 2 aromatic heterocycles. The van der Waals surface area contributed by atoms with E-state index in [9.17, 15) is 19.8 Å². The minimum Gasteiger partial charge on any atom is -0.544 e. The maximum Gasteiger partial charge on any atom is 1.00 e. The van der Waals surface area contributed by atoms with Crippen LogP contribution in [-0.4, -0.2) is 46.1 Å². The number of halogens is 2. The van der Waals surface area contributed by atoms with E-state index in [2.05, 4.69) is 15.3 Å². The van der Waals surface area contributed by atoms with Crippen LogP contribution in [-0.2, 0) is 6.61 Å². The van der Waals surface area contributed by atoms with Gasteiger partial charge in [0, 0.05) is 36.7 Å². The van der Waals surface area contributed by atoms with Crippen LogP contribution in [0.15, 0.2) is 0 Å². The van der Waals surface area contributed by atoms with E-state index in [0.29, 0.717) is 28.9 Å². The fourth-order valence-corrected chi connectivity index (χ4v) is 4.93. The number of piperidine rings is 1. The number of nitrogens with zero attached hydrogens (tertiary/aromatic N) is 2. The molecular weight excluding hydrogens is 422 g/mol. The first-order chi connectivity index (χ1) is 12.8. The van der Waals surface area contributed by atoms with E-state index >= 15 is 0 Å². The summed E-state index contributed by atoms with van der Waals surface area (Å²) in [6.45, 7) is 2.60. The number of nitrogens with one attached hydrogen (secondary N) is 2. The van der Waals surface area contributed by atoms with Gasteiger partial charge in [0.1, 0.15) is 5.69 Å². The first-order valence-electron chi connectivity index (χ1n) is 8.23. The van der Waals surface area contributed by atoms with Gasteiger partial charge >= 0.3 is 18.9 Å². The number of aromatic nitrogens is 2. The molecule has 0 aromatic carbocycles. The van der Waals surface area contributed by atoms with Crippen LogP contribution in [0.1, 0.15) is 31.5 Å². The van der Waals surface area contributed by atoms with Crippen molar-refractivity contribution in [2.75, 3.05) is 18.0 Å². The minimum absolute atomic E-state index is 0. The first-order valence-corrected chi connectivity index (χ1v) is 9.80. The van der Waals surface area contributed by atoms with Gasteiger partial charge in [-0.2, -0.15) is 0 Å². The molecule has 4 rings (SSSR count). The number of carboxylic acid groups (broad SMARTS) is 1. The predicted octanol–water partition coefficient (Wildman–Crippen LogP) is -2.19. The smallest absolute Gasteiger partial charge is 0.544 e. The number of carbonyl (C=O) groups is 2. The number of aliphatic hydroxyl groups is 1. The summed E-state index contributed by atoms with van der Waals surface area (Å²) in [5.74, 6) is -1.12. The fraction of sp³-hybridized carbons (Fsp3) is 0.438. The second-order valence-electron chi connectivity index (χ2n) is 6.70. The molecule has 144 valence electrons. The number of hydrogen-bond acceptors (Lipinski definition) is 7. The van der Waals surface area contributed by atoms with Crippen molar-refractivity contribution in [1.82, 2.24) is 15.3 Å². The van der Waals surface area contributed by atoms with Crippen molar-refractivity contribution < 1.29 is 38.7 Å². The van der Waals surface area contributed by atoms with E-state index in [1.807, 2.05) is 4.90 Å². The van der Waals surface area contributed by atoms with Gasteiger partial charge in [0.25, 0.3) is 5.91 Å². The molecule has 3 N–H and O–H groups in total. The molecule has 2 fully saturated rings. The van der Waals surface area contributed by atoms with Gasteiger partial charge in [-0.05, 0) is 6.92 Å². The Morgan fingerprint density at radius 2 is 2.00 bits per heavy atom. The maximum absolute atomic E-state index is 12.4. The number of rotatable bonds is 5. The van der Waals surface area contributed by atoms with Crippen LogP contribution >= 0.6 is 34.5 Å². The van der Waals surface area contributed by atoms with Crippen LogP contribution in [0.25, 0.3) is 0 Å². The summed E-state index contributed by atoms with van der Waals surface area (Å²) in [4.78, 5) is 32.5. The van der Waals surface area contributed by atoms with Gasteiger partial charge < -0.3 is 30.2 Å². The zero-order valence-electron chi connectivity index (χ0n) is 15.1. The third kappa shape index (κ3) is 3.56. The van der Waals surface area contributed by atoms with Crippen LogP contribution in [0, 0.1) is 18.8 Å². The second-order valence-corrected chi connectivity index (χ2v) is 8.44. The molecule has 1 aliphatic carbocycles. The number of aromatic carboxylic acids is 1. The number of amides is 1. The van der Waals surface area contributed by atoms with Gasteiger partial charge in [0.05, 0.1) is 33.2 Å². The summed E-state index contributed by atoms with van der Waals surface area (Å²) >= 11 is 13.1. The molecule has 1 amide bonds. The van der Waals surface area contributed by atoms with Gasteiger partial charge in [-0.15, -0.1) is 0 Å². The summed E-state index contributed by atoms with van der Waals surface area (Å²) in [6.07, 6.45) is 0.